The number of aliphatic hydroxyl groups is 2. The van der Waals surface area contributed by atoms with E-state index in [9.17, 15) is 13.9 Å². The molecule has 0 amide bonds. The number of aromatic nitrogens is 2. The molecule has 8 atom stereocenters. The van der Waals surface area contributed by atoms with Gasteiger partial charge in [-0.2, -0.15) is 0 Å². The highest BCUT2D eigenvalue weighted by Crippen LogP contribution is 2.62. The zero-order chi connectivity index (χ0) is 26.6. The molecule has 1 aliphatic heterocycles. The topological polar surface area (TPSA) is 90.8 Å². The first-order valence-corrected chi connectivity index (χ1v) is 14.0. The van der Waals surface area contributed by atoms with Crippen LogP contribution in [0, 0.1) is 36.3 Å². The van der Waals surface area contributed by atoms with E-state index < -0.39 is 11.6 Å². The minimum absolute atomic E-state index is 0.00213. The van der Waals surface area contributed by atoms with Gasteiger partial charge in [0.2, 0.25) is 6.04 Å². The van der Waals surface area contributed by atoms with Gasteiger partial charge < -0.3 is 14.9 Å². The van der Waals surface area contributed by atoms with Crippen molar-refractivity contribution in [3.05, 3.63) is 52.6 Å². The number of aryl methyl sites for hydroxylation is 1. The number of nitrogens with zero attached hydrogens (tertiary/aromatic N) is 4. The Morgan fingerprint density at radius 1 is 1.00 bits per heavy atom. The Hall–Kier alpha value is -2.36. The second-order valence-electron chi connectivity index (χ2n) is 11.7. The molecule has 1 aromatic heterocycles. The smallest absolute Gasteiger partial charge is 0.222 e. The van der Waals surface area contributed by atoms with E-state index in [0.29, 0.717) is 30.8 Å². The Morgan fingerprint density at radius 2 is 1.82 bits per heavy atom. The highest BCUT2D eigenvalue weighted by Gasteiger charge is 2.52. The molecule has 7 nitrogen and oxygen atoms in total. The van der Waals surface area contributed by atoms with Crippen molar-refractivity contribution in [3.8, 4) is 0 Å². The molecule has 4 aliphatic rings. The van der Waals surface area contributed by atoms with Crippen LogP contribution in [-0.2, 0) is 4.74 Å². The van der Waals surface area contributed by atoms with Gasteiger partial charge in [0.1, 0.15) is 11.5 Å². The van der Waals surface area contributed by atoms with Crippen LogP contribution in [0.4, 0.5) is 14.5 Å². The Labute approximate surface area is 222 Å². The summed E-state index contributed by atoms with van der Waals surface area (Å²) >= 11 is 0. The number of halogens is 2. The summed E-state index contributed by atoms with van der Waals surface area (Å²) in [6.07, 6.45) is 5.91. The molecule has 3 aliphatic carbocycles. The number of ether oxygens (including phenoxy) is 1. The molecule has 0 spiro atoms. The average molecular weight is 528 g/mol. The Kier molecular flexibility index (Phi) is 7.03. The third-order valence-corrected chi connectivity index (χ3v) is 9.38. The van der Waals surface area contributed by atoms with E-state index in [4.69, 9.17) is 24.9 Å². The highest BCUT2D eigenvalue weighted by molar-refractivity contribution is 5.51. The molecule has 2 heterocycles. The lowest BCUT2D eigenvalue weighted by molar-refractivity contribution is -0.599. The van der Waals surface area contributed by atoms with Gasteiger partial charge in [-0.25, -0.2) is 18.7 Å². The predicted octanol–water partition coefficient (Wildman–Crippen LogP) is 5.07. The van der Waals surface area contributed by atoms with Crippen molar-refractivity contribution in [2.75, 3.05) is 20.3 Å². The molecule has 204 valence electrons. The molecule has 3 fully saturated rings. The number of rotatable bonds is 9. The first kappa shape index (κ1) is 25.9. The molecule has 0 radical (unpaired) electrons. The summed E-state index contributed by atoms with van der Waals surface area (Å²) in [5.41, 5.74) is 3.81. The molecular formula is C29H37F2N4O3+. The first-order chi connectivity index (χ1) is 18.3. The second-order valence-corrected chi connectivity index (χ2v) is 11.7. The van der Waals surface area contributed by atoms with Crippen LogP contribution in [0.1, 0.15) is 85.6 Å². The number of aliphatic hydroxyl groups excluding tert-OH is 2. The summed E-state index contributed by atoms with van der Waals surface area (Å²) in [7, 11) is 1.99. The normalized spacial score (nSPS) is 33.7. The molecule has 0 saturated heterocycles. The van der Waals surface area contributed by atoms with E-state index >= 15 is 0 Å². The molecule has 0 bridgehead atoms. The number of hydrogen-bond donors (Lipinski definition) is 2. The summed E-state index contributed by atoms with van der Waals surface area (Å²) in [6.45, 7) is 2.25. The van der Waals surface area contributed by atoms with Crippen molar-refractivity contribution in [3.63, 3.8) is 0 Å². The van der Waals surface area contributed by atoms with Crippen molar-refractivity contribution < 1.29 is 28.4 Å². The predicted molar refractivity (Wildman–Crippen MR) is 135 cm³/mol. The lowest BCUT2D eigenvalue weighted by Crippen LogP contribution is -2.27. The average Bonchev–Trinajstić information content (AvgIpc) is 3.44. The van der Waals surface area contributed by atoms with Gasteiger partial charge in [-0.1, -0.05) is 6.07 Å². The van der Waals surface area contributed by atoms with Crippen molar-refractivity contribution in [2.45, 2.75) is 82.0 Å². The highest BCUT2D eigenvalue weighted by atomic mass is 19.2. The van der Waals surface area contributed by atoms with Gasteiger partial charge in [-0.3, -0.25) is 0 Å². The maximum absolute atomic E-state index is 13.8. The molecule has 2 aromatic rings. The van der Waals surface area contributed by atoms with E-state index in [1.165, 1.54) is 12.1 Å². The van der Waals surface area contributed by atoms with Gasteiger partial charge in [-0.15, -0.1) is 4.70 Å². The minimum Gasteiger partial charge on any atom is -0.394 e. The van der Waals surface area contributed by atoms with Crippen LogP contribution in [0.2, 0.25) is 0 Å². The second kappa shape index (κ2) is 10.3. The van der Waals surface area contributed by atoms with E-state index in [-0.39, 0.29) is 36.7 Å². The van der Waals surface area contributed by atoms with Crippen molar-refractivity contribution in [1.82, 2.24) is 9.97 Å². The first-order valence-electron chi connectivity index (χ1n) is 14.0. The van der Waals surface area contributed by atoms with Gasteiger partial charge in [0.25, 0.3) is 0 Å². The molecule has 2 N–H and O–H groups in total. The lowest BCUT2D eigenvalue weighted by Gasteiger charge is -2.37. The third kappa shape index (κ3) is 4.77. The quantitative estimate of drug-likeness (QED) is 0.445. The molecule has 3 saturated carbocycles. The van der Waals surface area contributed by atoms with E-state index in [2.05, 4.69) is 0 Å². The van der Waals surface area contributed by atoms with Crippen LogP contribution in [0.5, 0.6) is 0 Å². The van der Waals surface area contributed by atoms with Crippen LogP contribution < -0.4 is 0 Å². The van der Waals surface area contributed by atoms with Crippen molar-refractivity contribution in [2.24, 2.45) is 22.9 Å². The van der Waals surface area contributed by atoms with E-state index in [1.54, 1.807) is 6.07 Å². The SMILES string of the molecule is Cc1nc(C2CCC2C2CC2c2ccc(F)c(F)c2)c2c(n1)C(CCC1CC(OCCO)CC1O)[N+](C)=N2. The van der Waals surface area contributed by atoms with Crippen LogP contribution >= 0.6 is 0 Å². The third-order valence-electron chi connectivity index (χ3n) is 9.38. The monoisotopic (exact) mass is 527 g/mol. The fourth-order valence-electron chi connectivity index (χ4n) is 7.21. The minimum atomic E-state index is -0.794. The summed E-state index contributed by atoms with van der Waals surface area (Å²) < 4.78 is 34.9. The van der Waals surface area contributed by atoms with Crippen LogP contribution in [0.15, 0.2) is 23.3 Å². The molecule has 8 unspecified atom stereocenters. The Bertz CT molecular complexity index is 1240. The number of hydrogen-bond acceptors (Lipinski definition) is 6. The van der Waals surface area contributed by atoms with Crippen LogP contribution in [-0.4, -0.2) is 57.3 Å². The van der Waals surface area contributed by atoms with Crippen LogP contribution in [0.25, 0.3) is 0 Å². The Balaban J connectivity index is 1.15. The maximum atomic E-state index is 13.8. The zero-order valence-electron chi connectivity index (χ0n) is 22.1. The molecule has 6 rings (SSSR count). The number of fused-ring (bicyclic) bond motifs is 1. The standard InChI is InChI=1S/C29H37F2N4O3/c1-15-32-27(20-6-5-19(20)22-14-21(22)16-3-7-23(30)24(31)12-16)29-28(33-15)25(35(2)34-29)8-4-17-11-18(13-26(17)37)38-10-9-36/h3,7,12,17-22,25-26,36-37H,4-6,8-11,13-14H2,1-2H3/q+1. The Morgan fingerprint density at radius 3 is 2.55 bits per heavy atom. The fraction of sp³-hybridized carbons (Fsp3) is 0.655. The molecular weight excluding hydrogens is 490 g/mol. The number of benzene rings is 1. The number of azo groups is 2. The van der Waals surface area contributed by atoms with Crippen molar-refractivity contribution >= 4 is 5.69 Å². The fourth-order valence-corrected chi connectivity index (χ4v) is 7.21. The molecule has 38 heavy (non-hydrogen) atoms. The van der Waals surface area contributed by atoms with Gasteiger partial charge in [-0.05, 0) is 91.9 Å². The van der Waals surface area contributed by atoms with E-state index in [1.807, 2.05) is 18.7 Å². The van der Waals surface area contributed by atoms with Crippen LogP contribution in [0.3, 0.4) is 0 Å². The van der Waals surface area contributed by atoms with Crippen molar-refractivity contribution in [1.29, 1.82) is 0 Å². The largest absolute Gasteiger partial charge is 0.394 e. The summed E-state index contributed by atoms with van der Waals surface area (Å²) in [6, 6.07) is 4.36. The van der Waals surface area contributed by atoms with E-state index in [0.717, 1.165) is 67.0 Å². The maximum Gasteiger partial charge on any atom is 0.222 e. The van der Waals surface area contributed by atoms with Gasteiger partial charge in [0, 0.05) is 12.3 Å². The molecule has 1 aromatic carbocycles. The molecule has 9 heteroatoms. The van der Waals surface area contributed by atoms with Gasteiger partial charge in [0.15, 0.2) is 24.4 Å². The van der Waals surface area contributed by atoms with Gasteiger partial charge in [0.05, 0.1) is 31.1 Å². The summed E-state index contributed by atoms with van der Waals surface area (Å²) in [5.74, 6) is 0.876. The zero-order valence-corrected chi connectivity index (χ0v) is 22.1. The lowest BCUT2D eigenvalue weighted by atomic mass is 9.68. The summed E-state index contributed by atoms with van der Waals surface area (Å²) in [5, 5.41) is 24.5. The summed E-state index contributed by atoms with van der Waals surface area (Å²) in [4.78, 5) is 9.72. The van der Waals surface area contributed by atoms with Gasteiger partial charge >= 0.3 is 0 Å².